The molecule has 0 radical (unpaired) electrons. The minimum absolute atomic E-state index is 0.856. The van der Waals surface area contributed by atoms with Crippen molar-refractivity contribution in [3.05, 3.63) is 164 Å². The van der Waals surface area contributed by atoms with Gasteiger partial charge in [-0.25, -0.2) is 0 Å². The molecule has 10 aromatic rings. The molecule has 0 unspecified atom stereocenters. The lowest BCUT2D eigenvalue weighted by Crippen LogP contribution is -2.11. The topological polar surface area (TPSA) is 29.5 Å². The highest BCUT2D eigenvalue weighted by Gasteiger charge is 2.25. The molecule has 0 bridgehead atoms. The summed E-state index contributed by atoms with van der Waals surface area (Å²) < 4.78 is 13.1. The molecule has 0 atom stereocenters. The van der Waals surface area contributed by atoms with Crippen LogP contribution in [0.3, 0.4) is 0 Å². The maximum absolute atomic E-state index is 6.73. The van der Waals surface area contributed by atoms with Gasteiger partial charge in [-0.05, 0) is 75.6 Å². The normalized spacial score (nSPS) is 11.8. The van der Waals surface area contributed by atoms with E-state index in [9.17, 15) is 0 Å². The predicted molar refractivity (Wildman–Crippen MR) is 196 cm³/mol. The average molecular weight is 602 g/mol. The summed E-state index contributed by atoms with van der Waals surface area (Å²) in [6.45, 7) is 0. The maximum Gasteiger partial charge on any atom is 0.145 e. The van der Waals surface area contributed by atoms with E-state index in [1.54, 1.807) is 0 Å². The molecule has 3 heteroatoms. The zero-order valence-electron chi connectivity index (χ0n) is 25.4. The largest absolute Gasteiger partial charge is 0.456 e. The van der Waals surface area contributed by atoms with Crippen LogP contribution in [0.2, 0.25) is 0 Å². The molecule has 0 N–H and O–H groups in total. The fraction of sp³-hybridized carbons (Fsp3) is 0. The number of benzene rings is 8. The van der Waals surface area contributed by atoms with Crippen LogP contribution in [0.25, 0.3) is 76.5 Å². The molecule has 3 nitrogen and oxygen atoms in total. The first-order valence-corrected chi connectivity index (χ1v) is 15.9. The lowest BCUT2D eigenvalue weighted by atomic mass is 9.98. The molecule has 10 rings (SSSR count). The number of anilines is 3. The van der Waals surface area contributed by atoms with Crippen molar-refractivity contribution in [2.24, 2.45) is 0 Å². The van der Waals surface area contributed by atoms with Crippen LogP contribution in [0.5, 0.6) is 0 Å². The Labute approximate surface area is 270 Å². The summed E-state index contributed by atoms with van der Waals surface area (Å²) in [6, 6.07) is 57.8. The molecule has 0 saturated carbocycles. The zero-order chi connectivity index (χ0) is 30.9. The van der Waals surface area contributed by atoms with E-state index in [2.05, 4.69) is 150 Å². The Morgan fingerprint density at radius 3 is 1.83 bits per heavy atom. The Morgan fingerprint density at radius 2 is 1.00 bits per heavy atom. The molecule has 0 amide bonds. The van der Waals surface area contributed by atoms with Crippen molar-refractivity contribution in [3.8, 4) is 11.1 Å². The van der Waals surface area contributed by atoms with Crippen LogP contribution in [0, 0.1) is 0 Å². The van der Waals surface area contributed by atoms with Gasteiger partial charge in [0.15, 0.2) is 0 Å². The third-order valence-electron chi connectivity index (χ3n) is 9.44. The van der Waals surface area contributed by atoms with E-state index in [1.807, 2.05) is 18.2 Å². The third kappa shape index (κ3) is 3.93. The minimum Gasteiger partial charge on any atom is -0.456 e. The van der Waals surface area contributed by atoms with Crippen LogP contribution in [0.15, 0.2) is 173 Å². The molecule has 0 aliphatic carbocycles. The zero-order valence-corrected chi connectivity index (χ0v) is 25.4. The lowest BCUT2D eigenvalue weighted by Gasteiger charge is -2.28. The second-order valence-corrected chi connectivity index (χ2v) is 12.1. The van der Waals surface area contributed by atoms with Crippen LogP contribution in [-0.2, 0) is 0 Å². The van der Waals surface area contributed by atoms with Crippen molar-refractivity contribution in [1.29, 1.82) is 0 Å². The molecule has 0 saturated heterocycles. The molecule has 0 fully saturated rings. The van der Waals surface area contributed by atoms with Crippen LogP contribution >= 0.6 is 0 Å². The van der Waals surface area contributed by atoms with E-state index in [-0.39, 0.29) is 0 Å². The minimum atomic E-state index is 0.856. The van der Waals surface area contributed by atoms with E-state index < -0.39 is 0 Å². The number of furan rings is 2. The summed E-state index contributed by atoms with van der Waals surface area (Å²) in [4.78, 5) is 2.39. The van der Waals surface area contributed by atoms with Gasteiger partial charge in [0.2, 0.25) is 0 Å². The third-order valence-corrected chi connectivity index (χ3v) is 9.44. The Balaban J connectivity index is 1.35. The van der Waals surface area contributed by atoms with Crippen LogP contribution in [-0.4, -0.2) is 0 Å². The van der Waals surface area contributed by atoms with Crippen molar-refractivity contribution in [2.45, 2.75) is 0 Å². The van der Waals surface area contributed by atoms with Gasteiger partial charge in [0.1, 0.15) is 22.3 Å². The number of nitrogens with zero attached hydrogens (tertiary/aromatic N) is 1. The predicted octanol–water partition coefficient (Wildman–Crippen LogP) is 12.9. The first-order valence-electron chi connectivity index (χ1n) is 15.9. The average Bonchev–Trinajstić information content (AvgIpc) is 3.72. The molecule has 0 aliphatic rings. The van der Waals surface area contributed by atoms with Crippen LogP contribution in [0.4, 0.5) is 17.1 Å². The van der Waals surface area contributed by atoms with Gasteiger partial charge in [-0.2, -0.15) is 0 Å². The van der Waals surface area contributed by atoms with E-state index in [4.69, 9.17) is 8.83 Å². The highest BCUT2D eigenvalue weighted by atomic mass is 16.3. The molecule has 0 aliphatic heterocycles. The van der Waals surface area contributed by atoms with E-state index in [0.29, 0.717) is 0 Å². The van der Waals surface area contributed by atoms with Gasteiger partial charge >= 0.3 is 0 Å². The Bertz CT molecular complexity index is 2810. The Hall–Kier alpha value is -6.32. The van der Waals surface area contributed by atoms with Gasteiger partial charge in [0, 0.05) is 22.0 Å². The smallest absolute Gasteiger partial charge is 0.145 e. The van der Waals surface area contributed by atoms with Gasteiger partial charge in [0.25, 0.3) is 0 Å². The monoisotopic (exact) mass is 601 g/mol. The highest BCUT2D eigenvalue weighted by molar-refractivity contribution is 6.20. The molecule has 2 heterocycles. The van der Waals surface area contributed by atoms with Crippen molar-refractivity contribution in [1.82, 2.24) is 0 Å². The van der Waals surface area contributed by atoms with Crippen LogP contribution < -0.4 is 4.90 Å². The number of hydrogen-bond acceptors (Lipinski definition) is 3. The number of fused-ring (bicyclic) bond motifs is 9. The van der Waals surface area contributed by atoms with Gasteiger partial charge in [-0.3, -0.25) is 0 Å². The van der Waals surface area contributed by atoms with Gasteiger partial charge in [-0.1, -0.05) is 115 Å². The fourth-order valence-electron chi connectivity index (χ4n) is 7.32. The molecule has 0 spiro atoms. The van der Waals surface area contributed by atoms with Crippen molar-refractivity contribution >= 4 is 82.5 Å². The second kappa shape index (κ2) is 10.1. The molecule has 220 valence electrons. The number of hydrogen-bond donors (Lipinski definition) is 0. The number of rotatable bonds is 4. The maximum atomic E-state index is 6.73. The standard InChI is InChI=1S/C44H27NO2/c1-2-11-28(12-3-1)33-25-26-38(43-35-16-7-9-19-40(35)47-44(33)43)45(37-17-10-20-41-42(37)34-15-6-8-18-39(34)46-41)31-24-23-30-22-21-29-13-4-5-14-32(29)36(30)27-31/h1-27H. The second-order valence-electron chi connectivity index (χ2n) is 12.1. The summed E-state index contributed by atoms with van der Waals surface area (Å²) >= 11 is 0. The Morgan fingerprint density at radius 1 is 0.383 bits per heavy atom. The quantitative estimate of drug-likeness (QED) is 0.188. The molecular formula is C44H27NO2. The molecular weight excluding hydrogens is 574 g/mol. The summed E-state index contributed by atoms with van der Waals surface area (Å²) in [5.41, 5.74) is 8.80. The van der Waals surface area contributed by atoms with E-state index in [1.165, 1.54) is 21.5 Å². The van der Waals surface area contributed by atoms with Crippen molar-refractivity contribution in [3.63, 3.8) is 0 Å². The fourth-order valence-corrected chi connectivity index (χ4v) is 7.32. The van der Waals surface area contributed by atoms with Crippen LogP contribution in [0.1, 0.15) is 0 Å². The van der Waals surface area contributed by atoms with Crippen molar-refractivity contribution in [2.75, 3.05) is 4.90 Å². The SMILES string of the molecule is c1ccc(-c2ccc(N(c3ccc4ccc5ccccc5c4c3)c3cccc4oc5ccccc5c34)c3c2oc2ccccc23)cc1. The number of para-hydroxylation sites is 2. The van der Waals surface area contributed by atoms with Gasteiger partial charge < -0.3 is 13.7 Å². The summed E-state index contributed by atoms with van der Waals surface area (Å²) in [5, 5.41) is 9.19. The van der Waals surface area contributed by atoms with E-state index in [0.717, 1.165) is 72.1 Å². The Kier molecular flexibility index (Phi) is 5.57. The summed E-state index contributed by atoms with van der Waals surface area (Å²) in [6.07, 6.45) is 0. The first kappa shape index (κ1) is 26.0. The molecule has 8 aromatic carbocycles. The first-order chi connectivity index (χ1) is 23.3. The lowest BCUT2D eigenvalue weighted by molar-refractivity contribution is 0.669. The van der Waals surface area contributed by atoms with E-state index >= 15 is 0 Å². The summed E-state index contributed by atoms with van der Waals surface area (Å²) in [5.74, 6) is 0. The van der Waals surface area contributed by atoms with Gasteiger partial charge in [-0.15, -0.1) is 0 Å². The van der Waals surface area contributed by atoms with Crippen molar-refractivity contribution < 1.29 is 8.83 Å². The van der Waals surface area contributed by atoms with Gasteiger partial charge in [0.05, 0.1) is 22.1 Å². The highest BCUT2D eigenvalue weighted by Crippen LogP contribution is 2.49. The molecule has 47 heavy (non-hydrogen) atoms. The summed E-state index contributed by atoms with van der Waals surface area (Å²) in [7, 11) is 0. The molecule has 2 aromatic heterocycles.